The predicted octanol–water partition coefficient (Wildman–Crippen LogP) is 6.92. The third kappa shape index (κ3) is 4.36. The molecule has 1 aliphatic rings. The van der Waals surface area contributed by atoms with Crippen molar-refractivity contribution in [2.75, 3.05) is 18.2 Å². The van der Waals surface area contributed by atoms with Crippen LogP contribution in [0.5, 0.6) is 0 Å². The molecule has 0 spiro atoms. The normalized spacial score (nSPS) is 14.7. The van der Waals surface area contributed by atoms with Crippen LogP contribution in [0.25, 0.3) is 21.3 Å². The number of nitrogens with one attached hydrogen (secondary N) is 1. The fraction of sp³-hybridized carbons (Fsp3) is 0.167. The molecule has 6 nitrogen and oxygen atoms in total. The molecule has 6 rings (SSSR count). The number of aromatic nitrogens is 1. The molecule has 0 fully saturated rings. The van der Waals surface area contributed by atoms with Gasteiger partial charge in [0.15, 0.2) is 0 Å². The van der Waals surface area contributed by atoms with E-state index in [4.69, 9.17) is 15.5 Å². The quantitative estimate of drug-likeness (QED) is 0.237. The zero-order valence-corrected chi connectivity index (χ0v) is 22.3. The third-order valence-corrected chi connectivity index (χ3v) is 9.06. The van der Waals surface area contributed by atoms with Gasteiger partial charge in [0.1, 0.15) is 20.3 Å². The van der Waals surface area contributed by atoms with Crippen LogP contribution in [0.1, 0.15) is 49.2 Å². The Balaban J connectivity index is 1.31. The van der Waals surface area contributed by atoms with Crippen molar-refractivity contribution in [2.45, 2.75) is 25.2 Å². The molecule has 8 heteroatoms. The molecule has 3 aromatic heterocycles. The van der Waals surface area contributed by atoms with Gasteiger partial charge in [-0.15, -0.1) is 22.7 Å². The fourth-order valence-electron chi connectivity index (χ4n) is 5.11. The van der Waals surface area contributed by atoms with Crippen LogP contribution in [-0.2, 0) is 17.6 Å². The number of amides is 1. The van der Waals surface area contributed by atoms with E-state index in [-0.39, 0.29) is 5.91 Å². The van der Waals surface area contributed by atoms with Gasteiger partial charge in [-0.1, -0.05) is 60.7 Å². The molecule has 0 saturated heterocycles. The van der Waals surface area contributed by atoms with Crippen LogP contribution < -0.4 is 11.1 Å². The minimum Gasteiger partial charge on any atom is -0.465 e. The Morgan fingerprint density at radius 2 is 1.82 bits per heavy atom. The van der Waals surface area contributed by atoms with Gasteiger partial charge in [-0.05, 0) is 47.9 Å². The number of rotatable bonds is 5. The molecule has 5 aromatic rings. The molecule has 190 valence electrons. The van der Waals surface area contributed by atoms with E-state index in [2.05, 4.69) is 35.6 Å². The van der Waals surface area contributed by atoms with Crippen molar-refractivity contribution in [2.24, 2.45) is 0 Å². The lowest BCUT2D eigenvalue weighted by Gasteiger charge is -2.24. The van der Waals surface area contributed by atoms with E-state index in [1.807, 2.05) is 41.8 Å². The average molecular weight is 540 g/mol. The first-order valence-electron chi connectivity index (χ1n) is 12.4. The number of pyridine rings is 1. The van der Waals surface area contributed by atoms with E-state index < -0.39 is 5.97 Å². The highest BCUT2D eigenvalue weighted by Crippen LogP contribution is 2.40. The van der Waals surface area contributed by atoms with Crippen molar-refractivity contribution in [3.8, 4) is 11.1 Å². The molecule has 0 saturated carbocycles. The highest BCUT2D eigenvalue weighted by molar-refractivity contribution is 7.21. The first-order chi connectivity index (χ1) is 18.5. The predicted molar refractivity (Wildman–Crippen MR) is 154 cm³/mol. The monoisotopic (exact) mass is 539 g/mol. The van der Waals surface area contributed by atoms with Crippen LogP contribution >= 0.6 is 22.7 Å². The minimum atomic E-state index is -0.507. The second-order valence-corrected chi connectivity index (χ2v) is 11.2. The summed E-state index contributed by atoms with van der Waals surface area (Å²) in [4.78, 5) is 32.2. The Bertz CT molecular complexity index is 1660. The zero-order valence-electron chi connectivity index (χ0n) is 20.7. The number of ether oxygens (including phenoxy) is 1. The molecule has 0 radical (unpaired) electrons. The van der Waals surface area contributed by atoms with Gasteiger partial charge in [0.25, 0.3) is 5.91 Å². The van der Waals surface area contributed by atoms with Gasteiger partial charge in [0, 0.05) is 22.0 Å². The van der Waals surface area contributed by atoms with Crippen LogP contribution in [0.15, 0.2) is 72.1 Å². The minimum absolute atomic E-state index is 0.331. The molecule has 38 heavy (non-hydrogen) atoms. The molecule has 3 N–H and O–H groups in total. The summed E-state index contributed by atoms with van der Waals surface area (Å²) in [5, 5.41) is 5.99. The van der Waals surface area contributed by atoms with Crippen LogP contribution in [0.4, 0.5) is 10.7 Å². The Hall–Kier alpha value is -4.01. The van der Waals surface area contributed by atoms with E-state index in [1.165, 1.54) is 40.9 Å². The fourth-order valence-corrected chi connectivity index (χ4v) is 7.06. The number of anilines is 2. The Morgan fingerprint density at radius 1 is 1.08 bits per heavy atom. The molecular formula is C30H25N3O3S2. The molecule has 1 amide bonds. The van der Waals surface area contributed by atoms with Crippen molar-refractivity contribution in [3.63, 3.8) is 0 Å². The second kappa shape index (κ2) is 10.0. The topological polar surface area (TPSA) is 94.3 Å². The maximum absolute atomic E-state index is 13.4. The van der Waals surface area contributed by atoms with Crippen molar-refractivity contribution >= 4 is 55.5 Å². The summed E-state index contributed by atoms with van der Waals surface area (Å²) in [5.41, 5.74) is 12.4. The lowest BCUT2D eigenvalue weighted by molar-refractivity contribution is 0.0603. The molecule has 3 heterocycles. The van der Waals surface area contributed by atoms with Gasteiger partial charge in [-0.3, -0.25) is 4.79 Å². The van der Waals surface area contributed by atoms with Crippen molar-refractivity contribution in [3.05, 3.63) is 99.4 Å². The van der Waals surface area contributed by atoms with E-state index in [0.29, 0.717) is 32.6 Å². The number of nitrogen functional groups attached to an aromatic ring is 1. The average Bonchev–Trinajstić information content (AvgIpc) is 3.52. The maximum atomic E-state index is 13.4. The largest absolute Gasteiger partial charge is 0.465 e. The van der Waals surface area contributed by atoms with E-state index in [0.717, 1.165) is 40.7 Å². The number of carbonyl (C=O) groups excluding carboxylic acids is 2. The van der Waals surface area contributed by atoms with E-state index in [1.54, 1.807) is 0 Å². The molecule has 0 bridgehead atoms. The van der Waals surface area contributed by atoms with E-state index >= 15 is 0 Å². The van der Waals surface area contributed by atoms with Crippen LogP contribution in [0, 0.1) is 0 Å². The third-order valence-electron chi connectivity index (χ3n) is 7.06. The van der Waals surface area contributed by atoms with Gasteiger partial charge in [-0.2, -0.15) is 0 Å². The number of methoxy groups -OCH3 is 1. The van der Waals surface area contributed by atoms with Crippen molar-refractivity contribution in [1.82, 2.24) is 4.98 Å². The van der Waals surface area contributed by atoms with Crippen LogP contribution in [-0.4, -0.2) is 24.0 Å². The number of nitrogens with zero attached hydrogens (tertiary/aromatic N) is 1. The van der Waals surface area contributed by atoms with Gasteiger partial charge < -0.3 is 15.8 Å². The summed E-state index contributed by atoms with van der Waals surface area (Å²) >= 11 is 2.57. The molecule has 1 atom stereocenters. The number of thiophene rings is 2. The van der Waals surface area contributed by atoms with Crippen molar-refractivity contribution in [1.29, 1.82) is 0 Å². The number of nitrogens with two attached hydrogens (primary N) is 1. The zero-order chi connectivity index (χ0) is 26.2. The lowest BCUT2D eigenvalue weighted by Crippen LogP contribution is -2.14. The molecule has 0 aliphatic heterocycles. The molecule has 2 aromatic carbocycles. The number of fused-ring (bicyclic) bond motifs is 2. The number of hydrogen-bond donors (Lipinski definition) is 2. The Morgan fingerprint density at radius 3 is 2.55 bits per heavy atom. The Labute approximate surface area is 228 Å². The SMILES string of the molecule is COC(=O)c1c(-c2ccccc2)csc1NC(=O)c1sc2nc3c(cc2c1N)CC(c1ccccc1)CC3. The number of benzene rings is 2. The highest BCUT2D eigenvalue weighted by Gasteiger charge is 2.27. The molecular weight excluding hydrogens is 514 g/mol. The summed E-state index contributed by atoms with van der Waals surface area (Å²) in [6.07, 6.45) is 2.84. The first-order valence-corrected chi connectivity index (χ1v) is 14.1. The Kier molecular flexibility index (Phi) is 6.43. The molecule has 1 unspecified atom stereocenters. The van der Waals surface area contributed by atoms with Gasteiger partial charge in [-0.25, -0.2) is 9.78 Å². The summed E-state index contributed by atoms with van der Waals surface area (Å²) in [6.45, 7) is 0. The summed E-state index contributed by atoms with van der Waals surface area (Å²) in [5.74, 6) is -0.427. The van der Waals surface area contributed by atoms with Gasteiger partial charge in [0.05, 0.1) is 12.8 Å². The summed E-state index contributed by atoms with van der Waals surface area (Å²) in [6, 6.07) is 22.2. The number of carbonyl (C=O) groups is 2. The highest BCUT2D eigenvalue weighted by atomic mass is 32.1. The summed E-state index contributed by atoms with van der Waals surface area (Å²) in [7, 11) is 1.33. The van der Waals surface area contributed by atoms with E-state index in [9.17, 15) is 9.59 Å². The smallest absolute Gasteiger partial charge is 0.341 e. The first kappa shape index (κ1) is 24.3. The second-order valence-electron chi connectivity index (χ2n) is 9.31. The number of hydrogen-bond acceptors (Lipinski definition) is 7. The van der Waals surface area contributed by atoms with Gasteiger partial charge in [0.2, 0.25) is 0 Å². The standard InChI is InChI=1S/C30H25N3O3S2/c1-36-30(35)24-22(18-10-6-3-7-11-18)16-37-29(24)33-27(34)26-25(31)21-15-20-14-19(17-8-4-2-5-9-17)12-13-23(20)32-28(21)38-26/h2-11,15-16,19H,12-14,31H2,1H3,(H,33,34). The van der Waals surface area contributed by atoms with Crippen molar-refractivity contribution < 1.29 is 14.3 Å². The maximum Gasteiger partial charge on any atom is 0.341 e. The molecule has 1 aliphatic carbocycles. The summed E-state index contributed by atoms with van der Waals surface area (Å²) < 4.78 is 5.04. The number of aryl methyl sites for hydroxylation is 1. The van der Waals surface area contributed by atoms with Crippen LogP contribution in [0.2, 0.25) is 0 Å². The van der Waals surface area contributed by atoms with Crippen LogP contribution in [0.3, 0.4) is 0 Å². The van der Waals surface area contributed by atoms with Gasteiger partial charge >= 0.3 is 5.97 Å². The number of esters is 1. The lowest BCUT2D eigenvalue weighted by atomic mass is 9.82.